The molecule has 0 unspecified atom stereocenters. The highest BCUT2D eigenvalue weighted by Crippen LogP contribution is 2.28. The minimum atomic E-state index is -3.44. The van der Waals surface area contributed by atoms with Crippen molar-refractivity contribution in [3.63, 3.8) is 0 Å². The minimum absolute atomic E-state index is 0.0122. The molecule has 0 aliphatic carbocycles. The van der Waals surface area contributed by atoms with E-state index in [0.717, 1.165) is 6.26 Å². The summed E-state index contributed by atoms with van der Waals surface area (Å²) in [5.74, 6) is -2.53. The number of nitrogens with one attached hydrogen (secondary N) is 5. The molecule has 6 N–H and O–H groups in total. The van der Waals surface area contributed by atoms with E-state index in [9.17, 15) is 32.7 Å². The van der Waals surface area contributed by atoms with Crippen molar-refractivity contribution >= 4 is 33.7 Å². The number of amides is 4. The van der Waals surface area contributed by atoms with E-state index in [1.54, 1.807) is 38.1 Å². The van der Waals surface area contributed by atoms with Gasteiger partial charge >= 0.3 is 0 Å². The fourth-order valence-corrected chi connectivity index (χ4v) is 4.47. The maximum absolute atomic E-state index is 13.1. The zero-order valence-electron chi connectivity index (χ0n) is 23.2. The topological polar surface area (TPSA) is 192 Å². The van der Waals surface area contributed by atoms with Gasteiger partial charge in [-0.1, -0.05) is 26.0 Å². The van der Waals surface area contributed by atoms with Crippen molar-refractivity contribution in [3.8, 4) is 17.2 Å². The molecular weight excluding hydrogens is 554 g/mol. The molecule has 2 aromatic rings. The van der Waals surface area contributed by atoms with E-state index in [2.05, 4.69) is 26.0 Å². The summed E-state index contributed by atoms with van der Waals surface area (Å²) in [6, 6.07) is 7.67. The van der Waals surface area contributed by atoms with Crippen molar-refractivity contribution in [2.24, 2.45) is 5.92 Å². The molecule has 2 heterocycles. The van der Waals surface area contributed by atoms with Gasteiger partial charge in [0.2, 0.25) is 27.7 Å². The van der Waals surface area contributed by atoms with Gasteiger partial charge in [0, 0.05) is 19.5 Å². The van der Waals surface area contributed by atoms with Crippen molar-refractivity contribution in [3.05, 3.63) is 53.6 Å². The second-order valence-electron chi connectivity index (χ2n) is 10.1. The third kappa shape index (κ3) is 9.18. The molecule has 3 atom stereocenters. The standard InChI is InChI=1S/C27H35N5O8S/c1-15(2)23-27(37)30-16(3)24(34)31-21(26(36)28-11-12-29-41(4,38)39)13-17-5-7-18(8-6-17)40-19-9-10-22(33)20(14-19)25(35)32-23/h5-10,14-16,21,23,29,33H,11-13H2,1-4H3,(H,28,36)(H,30,37)(H,31,34)(H,32,35)/t16-,21-,23-/m0/s1. The Morgan fingerprint density at radius 2 is 1.66 bits per heavy atom. The summed E-state index contributed by atoms with van der Waals surface area (Å²) < 4.78 is 30.7. The number of fused-ring (bicyclic) bond motifs is 11. The Morgan fingerprint density at radius 3 is 2.29 bits per heavy atom. The zero-order valence-corrected chi connectivity index (χ0v) is 24.0. The van der Waals surface area contributed by atoms with Crippen LogP contribution in [0.4, 0.5) is 0 Å². The highest BCUT2D eigenvalue weighted by Gasteiger charge is 2.30. The van der Waals surface area contributed by atoms with Gasteiger partial charge in [0.25, 0.3) is 5.91 Å². The Kier molecular flexibility index (Phi) is 10.3. The molecule has 2 aromatic carbocycles. The van der Waals surface area contributed by atoms with Crippen LogP contribution in [-0.2, 0) is 30.8 Å². The lowest BCUT2D eigenvalue weighted by Gasteiger charge is -2.25. The van der Waals surface area contributed by atoms with Crippen LogP contribution in [0, 0.1) is 5.92 Å². The number of carbonyl (C=O) groups excluding carboxylic acids is 4. The number of hydrogen-bond acceptors (Lipinski definition) is 8. The second-order valence-corrected chi connectivity index (χ2v) is 11.9. The highest BCUT2D eigenvalue weighted by atomic mass is 32.2. The van der Waals surface area contributed by atoms with Crippen LogP contribution in [-0.4, -0.2) is 74.6 Å². The predicted molar refractivity (Wildman–Crippen MR) is 150 cm³/mol. The van der Waals surface area contributed by atoms with Crippen molar-refractivity contribution in [2.45, 2.75) is 45.3 Å². The van der Waals surface area contributed by atoms with Gasteiger partial charge in [0.1, 0.15) is 35.4 Å². The SMILES string of the molecule is CC(C)[C@@H]1NC(=O)c2cc(ccc2O)Oc2ccc(cc2)C[C@@H](C(=O)NCCNS(C)(=O)=O)NC(=O)[C@H](C)NC1=O. The summed E-state index contributed by atoms with van der Waals surface area (Å²) in [6.07, 6.45) is 1.09. The Morgan fingerprint density at radius 1 is 1.00 bits per heavy atom. The highest BCUT2D eigenvalue weighted by molar-refractivity contribution is 7.88. The second kappa shape index (κ2) is 13.5. The maximum atomic E-state index is 13.1. The average Bonchev–Trinajstić information content (AvgIpc) is 2.89. The summed E-state index contributed by atoms with van der Waals surface area (Å²) in [4.78, 5) is 52.2. The molecule has 0 saturated heterocycles. The third-order valence-electron chi connectivity index (χ3n) is 6.22. The molecule has 0 fully saturated rings. The van der Waals surface area contributed by atoms with Crippen LogP contribution in [0.5, 0.6) is 17.2 Å². The van der Waals surface area contributed by atoms with Crippen LogP contribution >= 0.6 is 0 Å². The van der Waals surface area contributed by atoms with Crippen molar-refractivity contribution in [1.82, 2.24) is 26.0 Å². The molecular formula is C27H35N5O8S. The molecule has 0 saturated carbocycles. The van der Waals surface area contributed by atoms with E-state index in [4.69, 9.17) is 4.74 Å². The first kappa shape index (κ1) is 31.4. The predicted octanol–water partition coefficient (Wildman–Crippen LogP) is 0.150. The van der Waals surface area contributed by atoms with Gasteiger partial charge in [-0.15, -0.1) is 0 Å². The van der Waals surface area contributed by atoms with Crippen LogP contribution in [0.25, 0.3) is 0 Å². The summed E-state index contributed by atoms with van der Waals surface area (Å²) in [5.41, 5.74) is 0.584. The largest absolute Gasteiger partial charge is 0.507 e. The van der Waals surface area contributed by atoms with Gasteiger partial charge in [-0.2, -0.15) is 0 Å². The molecule has 0 aromatic heterocycles. The van der Waals surface area contributed by atoms with Crippen LogP contribution < -0.4 is 30.7 Å². The lowest BCUT2D eigenvalue weighted by Crippen LogP contribution is -2.57. The van der Waals surface area contributed by atoms with E-state index < -0.39 is 51.8 Å². The molecule has 4 rings (SSSR count). The minimum Gasteiger partial charge on any atom is -0.507 e. The molecule has 4 amide bonds. The Bertz CT molecular complexity index is 1390. The summed E-state index contributed by atoms with van der Waals surface area (Å²) in [7, 11) is -3.44. The number of sulfonamides is 1. The van der Waals surface area contributed by atoms with Gasteiger partial charge in [0.05, 0.1) is 11.8 Å². The number of rotatable bonds is 6. The Labute approximate surface area is 238 Å². The first-order valence-electron chi connectivity index (χ1n) is 13.0. The normalized spacial score (nSPS) is 20.2. The number of benzene rings is 2. The smallest absolute Gasteiger partial charge is 0.255 e. The fraction of sp³-hybridized carbons (Fsp3) is 0.407. The Hall–Kier alpha value is -4.17. The molecule has 13 nitrogen and oxygen atoms in total. The van der Waals surface area contributed by atoms with Gasteiger partial charge < -0.3 is 31.1 Å². The molecule has 0 radical (unpaired) electrons. The average molecular weight is 590 g/mol. The number of phenolic OH excluding ortho intramolecular Hbond substituents is 1. The van der Waals surface area contributed by atoms with Gasteiger partial charge in [-0.25, -0.2) is 13.1 Å². The number of aromatic hydroxyl groups is 1. The van der Waals surface area contributed by atoms with Gasteiger partial charge in [-0.3, -0.25) is 19.2 Å². The first-order chi connectivity index (χ1) is 19.2. The molecule has 4 bridgehead atoms. The molecule has 0 spiro atoms. The lowest BCUT2D eigenvalue weighted by atomic mass is 10.0. The van der Waals surface area contributed by atoms with E-state index in [1.165, 1.54) is 25.1 Å². The van der Waals surface area contributed by atoms with Crippen LogP contribution in [0.2, 0.25) is 0 Å². The molecule has 41 heavy (non-hydrogen) atoms. The summed E-state index contributed by atoms with van der Waals surface area (Å²) in [6.45, 7) is 4.82. The van der Waals surface area contributed by atoms with Crippen molar-refractivity contribution in [2.75, 3.05) is 19.3 Å². The maximum Gasteiger partial charge on any atom is 0.255 e. The Balaban J connectivity index is 1.92. The van der Waals surface area contributed by atoms with Gasteiger partial charge in [0.15, 0.2) is 0 Å². The first-order valence-corrected chi connectivity index (χ1v) is 14.9. The lowest BCUT2D eigenvalue weighted by molar-refractivity contribution is -0.132. The van der Waals surface area contributed by atoms with E-state index in [0.29, 0.717) is 11.3 Å². The van der Waals surface area contributed by atoms with E-state index in [-0.39, 0.29) is 42.5 Å². The molecule has 2 aliphatic rings. The number of ether oxygens (including phenoxy) is 1. The number of hydrogen-bond donors (Lipinski definition) is 6. The van der Waals surface area contributed by atoms with Crippen LogP contribution in [0.15, 0.2) is 42.5 Å². The van der Waals surface area contributed by atoms with E-state index >= 15 is 0 Å². The molecule has 2 aliphatic heterocycles. The summed E-state index contributed by atoms with van der Waals surface area (Å²) >= 11 is 0. The zero-order chi connectivity index (χ0) is 30.3. The van der Waals surface area contributed by atoms with Gasteiger partial charge in [-0.05, 0) is 48.7 Å². The van der Waals surface area contributed by atoms with Crippen molar-refractivity contribution < 1.29 is 37.4 Å². The monoisotopic (exact) mass is 589 g/mol. The van der Waals surface area contributed by atoms with Crippen LogP contribution in [0.3, 0.4) is 0 Å². The molecule has 222 valence electrons. The third-order valence-corrected chi connectivity index (χ3v) is 6.95. The quantitative estimate of drug-likeness (QED) is 0.203. The number of carbonyl (C=O) groups is 4. The number of phenols is 1. The fourth-order valence-electron chi connectivity index (χ4n) is 4.00. The summed E-state index contributed by atoms with van der Waals surface area (Å²) in [5, 5.41) is 20.7. The van der Waals surface area contributed by atoms with Crippen LogP contribution in [0.1, 0.15) is 36.7 Å². The molecule has 14 heteroatoms. The van der Waals surface area contributed by atoms with E-state index in [1.807, 2.05) is 0 Å². The van der Waals surface area contributed by atoms with Crippen molar-refractivity contribution in [1.29, 1.82) is 0 Å².